The van der Waals surface area contributed by atoms with Crippen molar-refractivity contribution in [1.29, 1.82) is 0 Å². The molecule has 2 aromatic rings. The molecular weight excluding hydrogens is 522 g/mol. The molecule has 0 spiro atoms. The van der Waals surface area contributed by atoms with Gasteiger partial charge in [0.15, 0.2) is 17.5 Å². The zero-order chi connectivity index (χ0) is 22.2. The molecule has 0 radical (unpaired) electrons. The van der Waals surface area contributed by atoms with Crippen LogP contribution in [0.1, 0.15) is 38.1 Å². The van der Waals surface area contributed by atoms with Gasteiger partial charge >= 0.3 is 0 Å². The van der Waals surface area contributed by atoms with Gasteiger partial charge in [-0.05, 0) is 36.5 Å². The number of ether oxygens (including phenoxy) is 1. The molecule has 2 heterocycles. The maximum atomic E-state index is 13.9. The monoisotopic (exact) mass is 558 g/mol. The van der Waals surface area contributed by atoms with Crippen LogP contribution in [0.4, 0.5) is 4.39 Å². The van der Waals surface area contributed by atoms with Crippen LogP contribution in [-0.2, 0) is 19.6 Å². The molecule has 0 amide bonds. The second kappa shape index (κ2) is 13.0. The van der Waals surface area contributed by atoms with Crippen LogP contribution in [0.3, 0.4) is 0 Å². The van der Waals surface area contributed by atoms with E-state index in [0.717, 1.165) is 56.4 Å². The van der Waals surface area contributed by atoms with Crippen molar-refractivity contribution in [3.8, 4) is 5.75 Å². The second-order valence-corrected chi connectivity index (χ2v) is 8.48. The van der Waals surface area contributed by atoms with Gasteiger partial charge in [0, 0.05) is 51.7 Å². The highest BCUT2D eigenvalue weighted by Gasteiger charge is 2.20. The molecule has 0 atom stereocenters. The van der Waals surface area contributed by atoms with Crippen molar-refractivity contribution in [1.82, 2.24) is 25.1 Å². The molecule has 2 N–H and O–H groups in total. The Morgan fingerprint density at radius 3 is 2.69 bits per heavy atom. The van der Waals surface area contributed by atoms with Crippen molar-refractivity contribution in [3.63, 3.8) is 0 Å². The van der Waals surface area contributed by atoms with Gasteiger partial charge in [-0.25, -0.2) is 9.37 Å². The van der Waals surface area contributed by atoms with Crippen LogP contribution in [0, 0.1) is 11.7 Å². The van der Waals surface area contributed by atoms with Crippen LogP contribution in [0.15, 0.2) is 35.6 Å². The Labute approximate surface area is 207 Å². The number of hydrogen-bond donors (Lipinski definition) is 2. The number of nitrogens with one attached hydrogen (secondary N) is 2. The number of likely N-dealkylation sites (tertiary alicyclic amines) is 1. The molecule has 1 aromatic carbocycles. The standard InChI is InChI=1S/C23H35FN6O.HI/c1-17(2)15-30-12-9-26-22(30)14-27-23(25-3)28-19-7-10-29(11-8-19)16-18-5-6-21(31-4)20(24)13-18;/h5-6,9,12-13,17,19H,7-8,10-11,14-16H2,1-4H3,(H2,25,27,28);1H. The van der Waals surface area contributed by atoms with Crippen molar-refractivity contribution in [2.45, 2.75) is 52.4 Å². The lowest BCUT2D eigenvalue weighted by atomic mass is 10.0. The summed E-state index contributed by atoms with van der Waals surface area (Å²) in [6.45, 7) is 8.67. The van der Waals surface area contributed by atoms with E-state index in [4.69, 9.17) is 4.74 Å². The van der Waals surface area contributed by atoms with Gasteiger partial charge in [-0.3, -0.25) is 9.89 Å². The number of aromatic nitrogens is 2. The minimum absolute atomic E-state index is 0. The summed E-state index contributed by atoms with van der Waals surface area (Å²) in [5, 5.41) is 6.92. The third-order valence-electron chi connectivity index (χ3n) is 5.55. The molecule has 1 aromatic heterocycles. The van der Waals surface area contributed by atoms with E-state index in [1.807, 2.05) is 18.5 Å². The molecule has 9 heteroatoms. The van der Waals surface area contributed by atoms with Crippen molar-refractivity contribution >= 4 is 29.9 Å². The minimum Gasteiger partial charge on any atom is -0.494 e. The minimum atomic E-state index is -0.305. The molecule has 0 aliphatic carbocycles. The quantitative estimate of drug-likeness (QED) is 0.295. The van der Waals surface area contributed by atoms with Crippen LogP contribution in [0.2, 0.25) is 0 Å². The van der Waals surface area contributed by atoms with Crippen LogP contribution in [0.25, 0.3) is 0 Å². The summed E-state index contributed by atoms with van der Waals surface area (Å²) < 4.78 is 21.1. The zero-order valence-electron chi connectivity index (χ0n) is 19.5. The Bertz CT molecular complexity index is 864. The summed E-state index contributed by atoms with van der Waals surface area (Å²) in [5.41, 5.74) is 0.971. The van der Waals surface area contributed by atoms with E-state index in [9.17, 15) is 4.39 Å². The summed E-state index contributed by atoms with van der Waals surface area (Å²) in [6.07, 6.45) is 5.90. The highest BCUT2D eigenvalue weighted by atomic mass is 127. The summed E-state index contributed by atoms with van der Waals surface area (Å²) >= 11 is 0. The fourth-order valence-electron chi connectivity index (χ4n) is 3.92. The maximum Gasteiger partial charge on any atom is 0.191 e. The van der Waals surface area contributed by atoms with Crippen LogP contribution in [0.5, 0.6) is 5.75 Å². The van der Waals surface area contributed by atoms with E-state index in [0.29, 0.717) is 18.5 Å². The van der Waals surface area contributed by atoms with Gasteiger partial charge < -0.3 is 19.9 Å². The second-order valence-electron chi connectivity index (χ2n) is 8.48. The van der Waals surface area contributed by atoms with E-state index >= 15 is 0 Å². The van der Waals surface area contributed by atoms with Gasteiger partial charge in [0.1, 0.15) is 5.82 Å². The van der Waals surface area contributed by atoms with Crippen LogP contribution in [-0.4, -0.2) is 53.7 Å². The van der Waals surface area contributed by atoms with Gasteiger partial charge in [-0.2, -0.15) is 0 Å². The molecule has 32 heavy (non-hydrogen) atoms. The third-order valence-corrected chi connectivity index (χ3v) is 5.55. The third kappa shape index (κ3) is 7.61. The number of imidazole rings is 1. The molecule has 3 rings (SSSR count). The highest BCUT2D eigenvalue weighted by molar-refractivity contribution is 14.0. The Morgan fingerprint density at radius 1 is 1.31 bits per heavy atom. The number of methoxy groups -OCH3 is 1. The summed E-state index contributed by atoms with van der Waals surface area (Å²) in [4.78, 5) is 11.2. The van der Waals surface area contributed by atoms with Gasteiger partial charge in [0.2, 0.25) is 0 Å². The van der Waals surface area contributed by atoms with Crippen molar-refractivity contribution in [2.75, 3.05) is 27.2 Å². The first-order valence-corrected chi connectivity index (χ1v) is 11.0. The molecule has 0 bridgehead atoms. The lowest BCUT2D eigenvalue weighted by Crippen LogP contribution is -2.48. The molecule has 0 unspecified atom stereocenters. The maximum absolute atomic E-state index is 13.9. The Hall–Kier alpha value is -1.88. The summed E-state index contributed by atoms with van der Waals surface area (Å²) in [7, 11) is 3.28. The number of halogens is 2. The molecular formula is C23H36FIN6O. The fourth-order valence-corrected chi connectivity index (χ4v) is 3.92. The Balaban J connectivity index is 0.00000363. The van der Waals surface area contributed by atoms with Gasteiger partial charge in [-0.1, -0.05) is 19.9 Å². The first-order valence-electron chi connectivity index (χ1n) is 11.0. The molecule has 7 nitrogen and oxygen atoms in total. The van der Waals surface area contributed by atoms with E-state index in [-0.39, 0.29) is 35.5 Å². The molecule has 1 aliphatic heterocycles. The lowest BCUT2D eigenvalue weighted by molar-refractivity contribution is 0.198. The number of nitrogens with zero attached hydrogens (tertiary/aromatic N) is 4. The largest absolute Gasteiger partial charge is 0.494 e. The lowest BCUT2D eigenvalue weighted by Gasteiger charge is -2.33. The Morgan fingerprint density at radius 2 is 2.06 bits per heavy atom. The van der Waals surface area contributed by atoms with Crippen molar-refractivity contribution in [3.05, 3.63) is 47.8 Å². The predicted octanol–water partition coefficient (Wildman–Crippen LogP) is 3.63. The first kappa shape index (κ1) is 26.4. The molecule has 1 aliphatic rings. The van der Waals surface area contributed by atoms with Gasteiger partial charge in [0.05, 0.1) is 13.7 Å². The smallest absolute Gasteiger partial charge is 0.191 e. The molecule has 1 fully saturated rings. The van der Waals surface area contributed by atoms with Gasteiger partial charge in [0.25, 0.3) is 0 Å². The number of piperidine rings is 1. The fraction of sp³-hybridized carbons (Fsp3) is 0.565. The first-order chi connectivity index (χ1) is 15.0. The van der Waals surface area contributed by atoms with Crippen molar-refractivity contribution < 1.29 is 9.13 Å². The zero-order valence-corrected chi connectivity index (χ0v) is 21.8. The summed E-state index contributed by atoms with van der Waals surface area (Å²) in [5.74, 6) is 2.37. The number of benzene rings is 1. The van der Waals surface area contributed by atoms with E-state index in [2.05, 4.69) is 43.9 Å². The predicted molar refractivity (Wildman–Crippen MR) is 137 cm³/mol. The summed E-state index contributed by atoms with van der Waals surface area (Å²) in [6, 6.07) is 5.56. The average Bonchev–Trinajstić information content (AvgIpc) is 3.18. The normalized spacial score (nSPS) is 15.5. The van der Waals surface area contributed by atoms with E-state index in [1.165, 1.54) is 7.11 Å². The Kier molecular flexibility index (Phi) is 10.7. The average molecular weight is 558 g/mol. The molecule has 178 valence electrons. The SMILES string of the molecule is CN=C(NCc1nccn1CC(C)C)NC1CCN(Cc2ccc(OC)c(F)c2)CC1.I. The van der Waals surface area contributed by atoms with Gasteiger partial charge in [-0.15, -0.1) is 24.0 Å². The van der Waals surface area contributed by atoms with Crippen LogP contribution < -0.4 is 15.4 Å². The number of hydrogen-bond acceptors (Lipinski definition) is 4. The van der Waals surface area contributed by atoms with Crippen molar-refractivity contribution in [2.24, 2.45) is 10.9 Å². The molecule has 1 saturated heterocycles. The van der Waals surface area contributed by atoms with E-state index < -0.39 is 0 Å². The topological polar surface area (TPSA) is 66.7 Å². The number of rotatable bonds is 8. The van der Waals surface area contributed by atoms with E-state index in [1.54, 1.807) is 19.2 Å². The van der Waals surface area contributed by atoms with Crippen LogP contribution >= 0.6 is 24.0 Å². The number of aliphatic imine (C=N–C) groups is 1. The number of guanidine groups is 1. The highest BCUT2D eigenvalue weighted by Crippen LogP contribution is 2.20. The molecule has 0 saturated carbocycles.